The summed E-state index contributed by atoms with van der Waals surface area (Å²) in [6.45, 7) is 0.898. The Balaban J connectivity index is 2.04. The summed E-state index contributed by atoms with van der Waals surface area (Å²) in [6, 6.07) is 18.0. The molecule has 18 heavy (non-hydrogen) atoms. The van der Waals surface area contributed by atoms with E-state index in [0.29, 0.717) is 0 Å². The van der Waals surface area contributed by atoms with E-state index in [1.165, 1.54) is 5.56 Å². The number of aldehydes is 1. The molecule has 0 aromatic heterocycles. The predicted octanol–water partition coefficient (Wildman–Crippen LogP) is 3.18. The molecule has 0 atom stereocenters. The molecule has 2 aromatic carbocycles. The number of para-hydroxylation sites is 1. The SMILES string of the molecule is CN(CCc1ccccc1)c1ccccc1C=O. The second-order valence-electron chi connectivity index (χ2n) is 4.33. The van der Waals surface area contributed by atoms with Gasteiger partial charge in [-0.05, 0) is 24.1 Å². The largest absolute Gasteiger partial charge is 0.374 e. The van der Waals surface area contributed by atoms with Crippen molar-refractivity contribution in [3.8, 4) is 0 Å². The van der Waals surface area contributed by atoms with Gasteiger partial charge in [-0.1, -0.05) is 42.5 Å². The predicted molar refractivity (Wildman–Crippen MR) is 75.2 cm³/mol. The van der Waals surface area contributed by atoms with E-state index in [9.17, 15) is 4.79 Å². The minimum Gasteiger partial charge on any atom is -0.374 e. The maximum Gasteiger partial charge on any atom is 0.152 e. The topological polar surface area (TPSA) is 20.3 Å². The molecule has 0 heterocycles. The van der Waals surface area contributed by atoms with Gasteiger partial charge in [0.1, 0.15) is 0 Å². The lowest BCUT2D eigenvalue weighted by molar-refractivity contribution is 0.112. The van der Waals surface area contributed by atoms with Crippen molar-refractivity contribution in [2.75, 3.05) is 18.5 Å². The van der Waals surface area contributed by atoms with Gasteiger partial charge in [-0.2, -0.15) is 0 Å². The Morgan fingerprint density at radius 3 is 2.39 bits per heavy atom. The van der Waals surface area contributed by atoms with Crippen LogP contribution in [0.15, 0.2) is 54.6 Å². The van der Waals surface area contributed by atoms with E-state index < -0.39 is 0 Å². The van der Waals surface area contributed by atoms with E-state index in [4.69, 9.17) is 0 Å². The molecule has 2 nitrogen and oxygen atoms in total. The molecule has 0 spiro atoms. The molecule has 2 aromatic rings. The van der Waals surface area contributed by atoms with E-state index in [-0.39, 0.29) is 0 Å². The molecule has 0 aliphatic carbocycles. The van der Waals surface area contributed by atoms with Crippen LogP contribution in [0.5, 0.6) is 0 Å². The lowest BCUT2D eigenvalue weighted by Gasteiger charge is -2.20. The first-order valence-electron chi connectivity index (χ1n) is 6.10. The summed E-state index contributed by atoms with van der Waals surface area (Å²) in [5.41, 5.74) is 3.05. The van der Waals surface area contributed by atoms with E-state index in [2.05, 4.69) is 29.2 Å². The van der Waals surface area contributed by atoms with Crippen LogP contribution in [-0.2, 0) is 6.42 Å². The van der Waals surface area contributed by atoms with Crippen molar-refractivity contribution in [3.63, 3.8) is 0 Å². The van der Waals surface area contributed by atoms with Crippen molar-refractivity contribution in [3.05, 3.63) is 65.7 Å². The fourth-order valence-corrected chi connectivity index (χ4v) is 2.00. The third kappa shape index (κ3) is 2.98. The summed E-state index contributed by atoms with van der Waals surface area (Å²) in [4.78, 5) is 13.1. The zero-order chi connectivity index (χ0) is 12.8. The van der Waals surface area contributed by atoms with Gasteiger partial charge in [0, 0.05) is 24.8 Å². The van der Waals surface area contributed by atoms with E-state index in [0.717, 1.165) is 30.5 Å². The fraction of sp³-hybridized carbons (Fsp3) is 0.188. The number of benzene rings is 2. The van der Waals surface area contributed by atoms with Crippen molar-refractivity contribution in [2.45, 2.75) is 6.42 Å². The molecule has 2 rings (SSSR count). The third-order valence-corrected chi connectivity index (χ3v) is 3.05. The number of nitrogens with zero attached hydrogens (tertiary/aromatic N) is 1. The number of hydrogen-bond donors (Lipinski definition) is 0. The summed E-state index contributed by atoms with van der Waals surface area (Å²) < 4.78 is 0. The monoisotopic (exact) mass is 239 g/mol. The molecular formula is C16H17NO. The highest BCUT2D eigenvalue weighted by Gasteiger charge is 2.05. The quantitative estimate of drug-likeness (QED) is 0.747. The Labute approximate surface area is 108 Å². The molecule has 0 amide bonds. The van der Waals surface area contributed by atoms with Crippen molar-refractivity contribution in [2.24, 2.45) is 0 Å². The minimum atomic E-state index is 0.744. The highest BCUT2D eigenvalue weighted by atomic mass is 16.1. The van der Waals surface area contributed by atoms with Gasteiger partial charge in [-0.3, -0.25) is 4.79 Å². The first kappa shape index (κ1) is 12.4. The number of carbonyl (C=O) groups is 1. The molecule has 0 radical (unpaired) electrons. The number of rotatable bonds is 5. The molecular weight excluding hydrogens is 222 g/mol. The lowest BCUT2D eigenvalue weighted by Crippen LogP contribution is -2.21. The van der Waals surface area contributed by atoms with E-state index in [1.807, 2.05) is 37.4 Å². The summed E-state index contributed by atoms with van der Waals surface area (Å²) in [6.07, 6.45) is 1.89. The lowest BCUT2D eigenvalue weighted by atomic mass is 10.1. The van der Waals surface area contributed by atoms with Gasteiger partial charge < -0.3 is 4.90 Å². The van der Waals surface area contributed by atoms with Crippen LogP contribution < -0.4 is 4.90 Å². The molecule has 2 heteroatoms. The zero-order valence-electron chi connectivity index (χ0n) is 10.5. The van der Waals surface area contributed by atoms with Crippen LogP contribution in [0.25, 0.3) is 0 Å². The average Bonchev–Trinajstić information content (AvgIpc) is 2.45. The maximum absolute atomic E-state index is 11.0. The number of hydrogen-bond acceptors (Lipinski definition) is 2. The average molecular weight is 239 g/mol. The summed E-state index contributed by atoms with van der Waals surface area (Å²) in [7, 11) is 2.02. The highest BCUT2D eigenvalue weighted by Crippen LogP contribution is 2.17. The smallest absolute Gasteiger partial charge is 0.152 e. The van der Waals surface area contributed by atoms with E-state index in [1.54, 1.807) is 0 Å². The highest BCUT2D eigenvalue weighted by molar-refractivity contribution is 5.84. The number of likely N-dealkylation sites (N-methyl/N-ethyl adjacent to an activating group) is 1. The van der Waals surface area contributed by atoms with E-state index >= 15 is 0 Å². The zero-order valence-corrected chi connectivity index (χ0v) is 10.5. The van der Waals surface area contributed by atoms with Crippen LogP contribution in [0.2, 0.25) is 0 Å². The molecule has 0 bridgehead atoms. The standard InChI is InChI=1S/C16H17NO/c1-17(12-11-14-7-3-2-4-8-14)16-10-6-5-9-15(16)13-18/h2-10,13H,11-12H2,1H3. The summed E-state index contributed by atoms with van der Waals surface area (Å²) >= 11 is 0. The first-order chi connectivity index (χ1) is 8.81. The van der Waals surface area contributed by atoms with Crippen LogP contribution in [0.1, 0.15) is 15.9 Å². The van der Waals surface area contributed by atoms with Gasteiger partial charge in [0.05, 0.1) is 0 Å². The molecule has 0 aliphatic heterocycles. The Bertz CT molecular complexity index is 508. The van der Waals surface area contributed by atoms with Gasteiger partial charge in [-0.15, -0.1) is 0 Å². The number of carbonyl (C=O) groups excluding carboxylic acids is 1. The van der Waals surface area contributed by atoms with Crippen LogP contribution in [-0.4, -0.2) is 19.9 Å². The molecule has 0 saturated carbocycles. The summed E-state index contributed by atoms with van der Waals surface area (Å²) in [5, 5.41) is 0. The van der Waals surface area contributed by atoms with Crippen molar-refractivity contribution in [1.29, 1.82) is 0 Å². The van der Waals surface area contributed by atoms with Crippen LogP contribution in [0.4, 0.5) is 5.69 Å². The third-order valence-electron chi connectivity index (χ3n) is 3.05. The van der Waals surface area contributed by atoms with Crippen molar-refractivity contribution >= 4 is 12.0 Å². The second-order valence-corrected chi connectivity index (χ2v) is 4.33. The van der Waals surface area contributed by atoms with Crippen molar-refractivity contribution in [1.82, 2.24) is 0 Å². The molecule has 0 aliphatic rings. The number of anilines is 1. The minimum absolute atomic E-state index is 0.744. The van der Waals surface area contributed by atoms with Gasteiger partial charge in [-0.25, -0.2) is 0 Å². The molecule has 0 N–H and O–H groups in total. The van der Waals surface area contributed by atoms with Gasteiger partial charge >= 0.3 is 0 Å². The Morgan fingerprint density at radius 2 is 1.67 bits per heavy atom. The Morgan fingerprint density at radius 1 is 1.00 bits per heavy atom. The Kier molecular flexibility index (Phi) is 4.13. The molecule has 92 valence electrons. The van der Waals surface area contributed by atoms with Gasteiger partial charge in [0.15, 0.2) is 6.29 Å². The molecule has 0 unspecified atom stereocenters. The fourth-order valence-electron chi connectivity index (χ4n) is 2.00. The van der Waals surface area contributed by atoms with Crippen LogP contribution in [0.3, 0.4) is 0 Å². The van der Waals surface area contributed by atoms with Gasteiger partial charge in [0.2, 0.25) is 0 Å². The van der Waals surface area contributed by atoms with Crippen LogP contribution in [0, 0.1) is 0 Å². The molecule has 0 saturated heterocycles. The second kappa shape index (κ2) is 6.01. The Hall–Kier alpha value is -2.09. The molecule has 0 fully saturated rings. The first-order valence-corrected chi connectivity index (χ1v) is 6.10. The van der Waals surface area contributed by atoms with Crippen LogP contribution >= 0.6 is 0 Å². The van der Waals surface area contributed by atoms with Crippen molar-refractivity contribution < 1.29 is 4.79 Å². The van der Waals surface area contributed by atoms with Gasteiger partial charge in [0.25, 0.3) is 0 Å². The normalized spacial score (nSPS) is 10.1. The summed E-state index contributed by atoms with van der Waals surface area (Å²) in [5.74, 6) is 0. The maximum atomic E-state index is 11.0.